The number of aryl methyl sites for hydroxylation is 1. The lowest BCUT2D eigenvalue weighted by Gasteiger charge is -2.10. The molecule has 5 nitrogen and oxygen atoms in total. The Bertz CT molecular complexity index is 633. The summed E-state index contributed by atoms with van der Waals surface area (Å²) in [6.45, 7) is 3.93. The number of aromatic carboxylic acids is 1. The van der Waals surface area contributed by atoms with Crippen LogP contribution in [-0.4, -0.2) is 27.0 Å². The largest absolute Gasteiger partial charge is 0.491 e. The molecule has 1 aromatic heterocycles. The molecule has 0 fully saturated rings. The van der Waals surface area contributed by atoms with Crippen molar-refractivity contribution in [3.8, 4) is 17.0 Å². The first-order valence-electron chi connectivity index (χ1n) is 6.13. The molecule has 0 unspecified atom stereocenters. The third-order valence-electron chi connectivity index (χ3n) is 2.69. The van der Waals surface area contributed by atoms with Gasteiger partial charge in [0.05, 0.1) is 16.3 Å². The molecule has 1 heterocycles. The van der Waals surface area contributed by atoms with E-state index in [0.29, 0.717) is 4.47 Å². The van der Waals surface area contributed by atoms with E-state index in [4.69, 9.17) is 9.84 Å². The number of hydrogen-bond donors (Lipinski definition) is 1. The number of rotatable bonds is 4. The second-order valence-electron chi connectivity index (χ2n) is 4.63. The van der Waals surface area contributed by atoms with E-state index in [9.17, 15) is 4.79 Å². The normalized spacial score (nSPS) is 10.8. The Balaban J connectivity index is 2.39. The van der Waals surface area contributed by atoms with Crippen LogP contribution in [0.5, 0.6) is 5.75 Å². The molecule has 0 bridgehead atoms. The van der Waals surface area contributed by atoms with Crippen LogP contribution in [0.1, 0.15) is 24.3 Å². The van der Waals surface area contributed by atoms with Gasteiger partial charge in [0.25, 0.3) is 0 Å². The molecule has 0 amide bonds. The Labute approximate surface area is 125 Å². The van der Waals surface area contributed by atoms with E-state index in [2.05, 4.69) is 21.0 Å². The standard InChI is InChI=1S/C14H15BrN2O3/c1-8(2)20-10-6-4-9(5-7-10)13-11(15)12(14(18)19)16-17(13)3/h4-8H,1-3H3,(H,18,19). The van der Waals surface area contributed by atoms with Gasteiger partial charge < -0.3 is 9.84 Å². The van der Waals surface area contributed by atoms with Crippen LogP contribution in [0, 0.1) is 0 Å². The average Bonchev–Trinajstić information content (AvgIpc) is 2.66. The highest BCUT2D eigenvalue weighted by atomic mass is 79.9. The Hall–Kier alpha value is -1.82. The van der Waals surface area contributed by atoms with Gasteiger partial charge in [-0.25, -0.2) is 4.79 Å². The van der Waals surface area contributed by atoms with Crippen molar-refractivity contribution in [1.29, 1.82) is 0 Å². The molecule has 2 rings (SSSR count). The predicted octanol–water partition coefficient (Wildman–Crippen LogP) is 3.34. The van der Waals surface area contributed by atoms with Gasteiger partial charge in [0.15, 0.2) is 5.69 Å². The number of aromatic nitrogens is 2. The topological polar surface area (TPSA) is 64.3 Å². The van der Waals surface area contributed by atoms with Crippen LogP contribution in [0.2, 0.25) is 0 Å². The lowest BCUT2D eigenvalue weighted by atomic mass is 10.1. The number of halogens is 1. The highest BCUT2D eigenvalue weighted by molar-refractivity contribution is 9.10. The molecule has 2 aromatic rings. The van der Waals surface area contributed by atoms with Crippen molar-refractivity contribution in [2.24, 2.45) is 7.05 Å². The highest BCUT2D eigenvalue weighted by Gasteiger charge is 2.20. The van der Waals surface area contributed by atoms with Gasteiger partial charge >= 0.3 is 5.97 Å². The summed E-state index contributed by atoms with van der Waals surface area (Å²) in [5, 5.41) is 13.1. The van der Waals surface area contributed by atoms with Crippen molar-refractivity contribution in [3.05, 3.63) is 34.4 Å². The van der Waals surface area contributed by atoms with Crippen LogP contribution >= 0.6 is 15.9 Å². The van der Waals surface area contributed by atoms with E-state index in [1.54, 1.807) is 11.7 Å². The Morgan fingerprint density at radius 3 is 2.40 bits per heavy atom. The first kappa shape index (κ1) is 14.6. The van der Waals surface area contributed by atoms with Gasteiger partial charge in [0.1, 0.15) is 5.75 Å². The maximum atomic E-state index is 11.1. The lowest BCUT2D eigenvalue weighted by molar-refractivity contribution is 0.0688. The fourth-order valence-electron chi connectivity index (χ4n) is 1.91. The fraction of sp³-hybridized carbons (Fsp3) is 0.286. The van der Waals surface area contributed by atoms with E-state index in [1.165, 1.54) is 0 Å². The van der Waals surface area contributed by atoms with Gasteiger partial charge in [-0.1, -0.05) is 0 Å². The predicted molar refractivity (Wildman–Crippen MR) is 79.1 cm³/mol. The number of carbonyl (C=O) groups is 1. The maximum Gasteiger partial charge on any atom is 0.357 e. The molecule has 0 atom stereocenters. The monoisotopic (exact) mass is 338 g/mol. The van der Waals surface area contributed by atoms with E-state index in [0.717, 1.165) is 17.0 Å². The maximum absolute atomic E-state index is 11.1. The minimum atomic E-state index is -1.06. The molecule has 106 valence electrons. The molecule has 0 radical (unpaired) electrons. The van der Waals surface area contributed by atoms with Gasteiger partial charge in [-0.05, 0) is 54.0 Å². The number of nitrogens with zero attached hydrogens (tertiary/aromatic N) is 2. The third kappa shape index (κ3) is 2.85. The molecule has 0 aliphatic heterocycles. The summed E-state index contributed by atoms with van der Waals surface area (Å²) in [6, 6.07) is 7.47. The molecule has 0 saturated carbocycles. The summed E-state index contributed by atoms with van der Waals surface area (Å²) in [6.07, 6.45) is 0.114. The van der Waals surface area contributed by atoms with E-state index < -0.39 is 5.97 Å². The molecule has 0 aliphatic carbocycles. The van der Waals surface area contributed by atoms with Crippen molar-refractivity contribution in [2.45, 2.75) is 20.0 Å². The van der Waals surface area contributed by atoms with E-state index >= 15 is 0 Å². The second kappa shape index (κ2) is 5.66. The summed E-state index contributed by atoms with van der Waals surface area (Å²) in [7, 11) is 1.71. The third-order valence-corrected chi connectivity index (χ3v) is 3.44. The Morgan fingerprint density at radius 2 is 1.95 bits per heavy atom. The van der Waals surface area contributed by atoms with Crippen molar-refractivity contribution in [1.82, 2.24) is 9.78 Å². The van der Waals surface area contributed by atoms with Crippen molar-refractivity contribution < 1.29 is 14.6 Å². The molecule has 0 spiro atoms. The van der Waals surface area contributed by atoms with Crippen LogP contribution < -0.4 is 4.74 Å². The number of ether oxygens (including phenoxy) is 1. The smallest absolute Gasteiger partial charge is 0.357 e. The summed E-state index contributed by atoms with van der Waals surface area (Å²) in [5.74, 6) is -0.279. The molecule has 20 heavy (non-hydrogen) atoms. The molecule has 1 aromatic carbocycles. The van der Waals surface area contributed by atoms with Crippen molar-refractivity contribution >= 4 is 21.9 Å². The van der Waals surface area contributed by atoms with Crippen molar-refractivity contribution in [2.75, 3.05) is 0 Å². The number of carboxylic acids is 1. The van der Waals surface area contributed by atoms with Crippen LogP contribution in [0.15, 0.2) is 28.7 Å². The van der Waals surface area contributed by atoms with Gasteiger partial charge in [-0.15, -0.1) is 0 Å². The number of carboxylic acid groups (broad SMARTS) is 1. The van der Waals surface area contributed by atoms with Crippen molar-refractivity contribution in [3.63, 3.8) is 0 Å². The molecule has 0 saturated heterocycles. The van der Waals surface area contributed by atoms with Crippen LogP contribution in [-0.2, 0) is 7.05 Å². The fourth-order valence-corrected chi connectivity index (χ4v) is 2.65. The summed E-state index contributed by atoms with van der Waals surface area (Å²) >= 11 is 3.30. The zero-order valence-corrected chi connectivity index (χ0v) is 13.0. The van der Waals surface area contributed by atoms with Crippen LogP contribution in [0.25, 0.3) is 11.3 Å². The lowest BCUT2D eigenvalue weighted by Crippen LogP contribution is -2.05. The summed E-state index contributed by atoms with van der Waals surface area (Å²) in [4.78, 5) is 11.1. The molecule has 1 N–H and O–H groups in total. The van der Waals surface area contributed by atoms with Gasteiger partial charge in [-0.3, -0.25) is 4.68 Å². The first-order valence-corrected chi connectivity index (χ1v) is 6.92. The molecule has 6 heteroatoms. The molecular formula is C14H15BrN2O3. The van der Waals surface area contributed by atoms with Gasteiger partial charge in [0, 0.05) is 12.6 Å². The highest BCUT2D eigenvalue weighted by Crippen LogP contribution is 2.31. The minimum absolute atomic E-state index is 0.00464. The first-order chi connectivity index (χ1) is 9.40. The van der Waals surface area contributed by atoms with Crippen LogP contribution in [0.3, 0.4) is 0 Å². The minimum Gasteiger partial charge on any atom is -0.491 e. The van der Waals surface area contributed by atoms with E-state index in [1.807, 2.05) is 38.1 Å². The molecular weight excluding hydrogens is 324 g/mol. The zero-order chi connectivity index (χ0) is 14.9. The SMILES string of the molecule is CC(C)Oc1ccc(-c2c(Br)c(C(=O)O)nn2C)cc1. The van der Waals surface area contributed by atoms with E-state index in [-0.39, 0.29) is 11.8 Å². The van der Waals surface area contributed by atoms with Crippen LogP contribution in [0.4, 0.5) is 0 Å². The quantitative estimate of drug-likeness (QED) is 0.928. The summed E-state index contributed by atoms with van der Waals surface area (Å²) < 4.78 is 7.61. The number of hydrogen-bond acceptors (Lipinski definition) is 3. The Morgan fingerprint density at radius 1 is 1.35 bits per heavy atom. The number of benzene rings is 1. The average molecular weight is 339 g/mol. The van der Waals surface area contributed by atoms with Gasteiger partial charge in [-0.2, -0.15) is 5.10 Å². The van der Waals surface area contributed by atoms with Gasteiger partial charge in [0.2, 0.25) is 0 Å². The Kier molecular flexibility index (Phi) is 4.13. The molecule has 0 aliphatic rings. The second-order valence-corrected chi connectivity index (χ2v) is 5.42. The zero-order valence-electron chi connectivity index (χ0n) is 11.4. The summed E-state index contributed by atoms with van der Waals surface area (Å²) in [5.41, 5.74) is 1.60.